The number of hydrogen-bond donors (Lipinski definition) is 2. The quantitative estimate of drug-likeness (QED) is 0.499. The molecule has 120 valence electrons. The first kappa shape index (κ1) is 16.6. The molecular weight excluding hydrogens is 290 g/mol. The van der Waals surface area contributed by atoms with E-state index >= 15 is 0 Å². The number of aryl methyl sites for hydroxylation is 2. The molecule has 3 N–H and O–H groups in total. The standard InChI is InChI=1S/C19H21NO3/c1-4-23-19-13(3)11-12(2)18(22)16(19)9-10-17(21)14-5-7-15(20)8-6-14/h5-11,22H,4,20H2,1-3H3. The van der Waals surface area contributed by atoms with E-state index in [0.717, 1.165) is 11.1 Å². The van der Waals surface area contributed by atoms with Crippen molar-refractivity contribution in [2.45, 2.75) is 20.8 Å². The van der Waals surface area contributed by atoms with Gasteiger partial charge in [-0.1, -0.05) is 0 Å². The van der Waals surface area contributed by atoms with E-state index in [1.54, 1.807) is 30.3 Å². The number of anilines is 1. The fourth-order valence-corrected chi connectivity index (χ4v) is 2.38. The number of allylic oxidation sites excluding steroid dienone is 1. The van der Waals surface area contributed by atoms with Crippen LogP contribution in [-0.2, 0) is 0 Å². The Morgan fingerprint density at radius 1 is 1.22 bits per heavy atom. The van der Waals surface area contributed by atoms with Gasteiger partial charge < -0.3 is 15.6 Å². The molecule has 0 spiro atoms. The highest BCUT2D eigenvalue weighted by Gasteiger charge is 2.13. The molecule has 0 bridgehead atoms. The smallest absolute Gasteiger partial charge is 0.185 e. The van der Waals surface area contributed by atoms with Crippen molar-refractivity contribution in [3.8, 4) is 11.5 Å². The van der Waals surface area contributed by atoms with Crippen LogP contribution < -0.4 is 10.5 Å². The fraction of sp³-hybridized carbons (Fsp3) is 0.211. The van der Waals surface area contributed by atoms with Crippen LogP contribution in [0.1, 0.15) is 34.0 Å². The number of aromatic hydroxyl groups is 1. The van der Waals surface area contributed by atoms with E-state index in [4.69, 9.17) is 10.5 Å². The van der Waals surface area contributed by atoms with Crippen LogP contribution in [0.4, 0.5) is 5.69 Å². The van der Waals surface area contributed by atoms with Crippen molar-refractivity contribution in [1.29, 1.82) is 0 Å². The Morgan fingerprint density at radius 3 is 2.48 bits per heavy atom. The highest BCUT2D eigenvalue weighted by molar-refractivity contribution is 6.07. The van der Waals surface area contributed by atoms with E-state index in [9.17, 15) is 9.90 Å². The van der Waals surface area contributed by atoms with Gasteiger partial charge in [-0.05, 0) is 74.4 Å². The molecule has 0 aromatic heterocycles. The molecule has 0 aliphatic heterocycles. The molecule has 4 heteroatoms. The van der Waals surface area contributed by atoms with Gasteiger partial charge in [-0.2, -0.15) is 0 Å². The normalized spacial score (nSPS) is 10.9. The number of nitrogen functional groups attached to an aromatic ring is 1. The minimum Gasteiger partial charge on any atom is -0.507 e. The van der Waals surface area contributed by atoms with Crippen molar-refractivity contribution in [1.82, 2.24) is 0 Å². The summed E-state index contributed by atoms with van der Waals surface area (Å²) in [5, 5.41) is 10.3. The lowest BCUT2D eigenvalue weighted by atomic mass is 10.0. The van der Waals surface area contributed by atoms with E-state index in [-0.39, 0.29) is 11.5 Å². The zero-order valence-electron chi connectivity index (χ0n) is 13.6. The van der Waals surface area contributed by atoms with Gasteiger partial charge in [-0.25, -0.2) is 0 Å². The summed E-state index contributed by atoms with van der Waals surface area (Å²) in [4.78, 5) is 12.2. The van der Waals surface area contributed by atoms with Crippen molar-refractivity contribution >= 4 is 17.5 Å². The fourth-order valence-electron chi connectivity index (χ4n) is 2.38. The topological polar surface area (TPSA) is 72.5 Å². The number of phenols is 1. The van der Waals surface area contributed by atoms with Gasteiger partial charge in [0, 0.05) is 11.3 Å². The monoisotopic (exact) mass is 311 g/mol. The summed E-state index contributed by atoms with van der Waals surface area (Å²) in [5.41, 5.74) is 8.95. The lowest BCUT2D eigenvalue weighted by molar-refractivity contribution is 0.104. The molecule has 0 aliphatic carbocycles. The van der Waals surface area contributed by atoms with Gasteiger partial charge in [0.15, 0.2) is 5.78 Å². The number of ether oxygens (including phenoxy) is 1. The van der Waals surface area contributed by atoms with Gasteiger partial charge in [0.2, 0.25) is 0 Å². The SMILES string of the molecule is CCOc1c(C)cc(C)c(O)c1C=CC(=O)c1ccc(N)cc1. The number of carbonyl (C=O) groups excluding carboxylic acids is 1. The van der Waals surface area contributed by atoms with Crippen LogP contribution in [0.2, 0.25) is 0 Å². The lowest BCUT2D eigenvalue weighted by Gasteiger charge is -2.14. The van der Waals surface area contributed by atoms with Crippen molar-refractivity contribution in [2.24, 2.45) is 0 Å². The van der Waals surface area contributed by atoms with Gasteiger partial charge in [-0.3, -0.25) is 4.79 Å². The molecule has 2 aromatic rings. The summed E-state index contributed by atoms with van der Waals surface area (Å²) in [6, 6.07) is 8.57. The number of benzene rings is 2. The number of nitrogens with two attached hydrogens (primary N) is 1. The summed E-state index contributed by atoms with van der Waals surface area (Å²) in [5.74, 6) is 0.559. The summed E-state index contributed by atoms with van der Waals surface area (Å²) in [6.45, 7) is 6.09. The molecule has 0 saturated carbocycles. The molecular formula is C19H21NO3. The van der Waals surface area contributed by atoms with Gasteiger partial charge in [0.05, 0.1) is 12.2 Å². The average Bonchev–Trinajstić information content (AvgIpc) is 2.52. The molecule has 0 heterocycles. The van der Waals surface area contributed by atoms with E-state index < -0.39 is 0 Å². The van der Waals surface area contributed by atoms with Crippen LogP contribution in [0.3, 0.4) is 0 Å². The predicted octanol–water partition coefficient (Wildman–Crippen LogP) is 3.89. The molecule has 0 fully saturated rings. The third kappa shape index (κ3) is 3.72. The average molecular weight is 311 g/mol. The summed E-state index contributed by atoms with van der Waals surface area (Å²) in [6.07, 6.45) is 3.03. The number of ketones is 1. The van der Waals surface area contributed by atoms with E-state index in [2.05, 4.69) is 0 Å². The highest BCUT2D eigenvalue weighted by Crippen LogP contribution is 2.35. The Balaban J connectivity index is 2.38. The number of hydrogen-bond acceptors (Lipinski definition) is 4. The third-order valence-electron chi connectivity index (χ3n) is 3.55. The summed E-state index contributed by atoms with van der Waals surface area (Å²) >= 11 is 0. The Bertz CT molecular complexity index is 746. The second-order valence-electron chi connectivity index (χ2n) is 5.35. The van der Waals surface area contributed by atoms with Crippen LogP contribution >= 0.6 is 0 Å². The Morgan fingerprint density at radius 2 is 1.87 bits per heavy atom. The zero-order valence-corrected chi connectivity index (χ0v) is 13.6. The molecule has 0 saturated heterocycles. The minimum atomic E-state index is -0.161. The molecule has 0 radical (unpaired) electrons. The molecule has 0 aliphatic rings. The maximum absolute atomic E-state index is 12.2. The maximum Gasteiger partial charge on any atom is 0.185 e. The second kappa shape index (κ2) is 7.01. The van der Waals surface area contributed by atoms with Crippen LogP contribution in [-0.4, -0.2) is 17.5 Å². The van der Waals surface area contributed by atoms with Crippen molar-refractivity contribution < 1.29 is 14.6 Å². The molecule has 0 atom stereocenters. The Hall–Kier alpha value is -2.75. The third-order valence-corrected chi connectivity index (χ3v) is 3.55. The van der Waals surface area contributed by atoms with E-state index in [0.29, 0.717) is 29.2 Å². The maximum atomic E-state index is 12.2. The summed E-state index contributed by atoms with van der Waals surface area (Å²) in [7, 11) is 0. The van der Waals surface area contributed by atoms with Crippen LogP contribution in [0, 0.1) is 13.8 Å². The lowest BCUT2D eigenvalue weighted by Crippen LogP contribution is -1.99. The van der Waals surface area contributed by atoms with Gasteiger partial charge in [0.25, 0.3) is 0 Å². The molecule has 4 nitrogen and oxygen atoms in total. The van der Waals surface area contributed by atoms with Gasteiger partial charge in [-0.15, -0.1) is 0 Å². The highest BCUT2D eigenvalue weighted by atomic mass is 16.5. The van der Waals surface area contributed by atoms with Crippen molar-refractivity contribution in [2.75, 3.05) is 12.3 Å². The first-order valence-corrected chi connectivity index (χ1v) is 7.48. The van der Waals surface area contributed by atoms with Crippen molar-refractivity contribution in [3.63, 3.8) is 0 Å². The van der Waals surface area contributed by atoms with Gasteiger partial charge in [0.1, 0.15) is 11.5 Å². The van der Waals surface area contributed by atoms with Crippen LogP contribution in [0.25, 0.3) is 6.08 Å². The molecule has 0 amide bonds. The van der Waals surface area contributed by atoms with Crippen molar-refractivity contribution in [3.05, 3.63) is 58.7 Å². The Labute approximate surface area is 136 Å². The predicted molar refractivity (Wildman–Crippen MR) is 93.0 cm³/mol. The minimum absolute atomic E-state index is 0.125. The summed E-state index contributed by atoms with van der Waals surface area (Å²) < 4.78 is 5.62. The molecule has 2 aromatic carbocycles. The first-order chi connectivity index (χ1) is 10.9. The molecule has 2 rings (SSSR count). The molecule has 23 heavy (non-hydrogen) atoms. The first-order valence-electron chi connectivity index (χ1n) is 7.48. The van der Waals surface area contributed by atoms with Gasteiger partial charge >= 0.3 is 0 Å². The van der Waals surface area contributed by atoms with Crippen LogP contribution in [0.15, 0.2) is 36.4 Å². The molecule has 0 unspecified atom stereocenters. The zero-order chi connectivity index (χ0) is 17.0. The Kier molecular flexibility index (Phi) is 5.06. The van der Waals surface area contributed by atoms with E-state index in [1.807, 2.05) is 26.8 Å². The number of phenolic OH excluding ortho intramolecular Hbond substituents is 1. The van der Waals surface area contributed by atoms with E-state index in [1.165, 1.54) is 6.08 Å². The van der Waals surface area contributed by atoms with Crippen LogP contribution in [0.5, 0.6) is 11.5 Å². The number of rotatable bonds is 5. The largest absolute Gasteiger partial charge is 0.507 e. The second-order valence-corrected chi connectivity index (χ2v) is 5.35. The number of carbonyl (C=O) groups is 1.